The van der Waals surface area contributed by atoms with E-state index in [1.807, 2.05) is 48.5 Å². The molecular weight excluding hydrogens is 360 g/mol. The Morgan fingerprint density at radius 1 is 0.621 bits per heavy atom. The molecule has 0 aromatic heterocycles. The van der Waals surface area contributed by atoms with Crippen LogP contribution in [-0.2, 0) is 12.8 Å². The lowest BCUT2D eigenvalue weighted by Gasteiger charge is -2.12. The molecule has 0 fully saturated rings. The Bertz CT molecular complexity index is 723. The van der Waals surface area contributed by atoms with Crippen molar-refractivity contribution in [2.24, 2.45) is 0 Å². The van der Waals surface area contributed by atoms with Crippen molar-refractivity contribution < 1.29 is 14.3 Å². The maximum atomic E-state index is 12.4. The first-order valence-corrected chi connectivity index (χ1v) is 11.3. The minimum atomic E-state index is -0.663. The largest absolute Gasteiger partial charge is 0.519 e. The first kappa shape index (κ1) is 23.0. The van der Waals surface area contributed by atoms with Gasteiger partial charge in [0.15, 0.2) is 0 Å². The number of carbonyl (C=O) groups is 1. The third kappa shape index (κ3) is 8.72. The molecule has 158 valence electrons. The van der Waals surface area contributed by atoms with Crippen LogP contribution in [-0.4, -0.2) is 6.16 Å². The van der Waals surface area contributed by atoms with Crippen molar-refractivity contribution in [2.75, 3.05) is 0 Å². The van der Waals surface area contributed by atoms with Gasteiger partial charge in [0.25, 0.3) is 0 Å². The van der Waals surface area contributed by atoms with E-state index >= 15 is 0 Å². The van der Waals surface area contributed by atoms with Gasteiger partial charge in [0, 0.05) is 0 Å². The Balaban J connectivity index is 1.91. The van der Waals surface area contributed by atoms with E-state index in [-0.39, 0.29) is 0 Å². The van der Waals surface area contributed by atoms with Crippen LogP contribution in [0.2, 0.25) is 0 Å². The molecule has 0 unspecified atom stereocenters. The second-order valence-corrected chi connectivity index (χ2v) is 7.64. The van der Waals surface area contributed by atoms with E-state index in [2.05, 4.69) is 13.8 Å². The lowest BCUT2D eigenvalue weighted by Crippen LogP contribution is -2.15. The Morgan fingerprint density at radius 2 is 1.03 bits per heavy atom. The van der Waals surface area contributed by atoms with Crippen LogP contribution < -0.4 is 9.47 Å². The van der Waals surface area contributed by atoms with E-state index in [1.54, 1.807) is 0 Å². The quantitative estimate of drug-likeness (QED) is 0.196. The highest BCUT2D eigenvalue weighted by Crippen LogP contribution is 2.24. The summed E-state index contributed by atoms with van der Waals surface area (Å²) in [5.74, 6) is 1.21. The predicted molar refractivity (Wildman–Crippen MR) is 120 cm³/mol. The molecule has 29 heavy (non-hydrogen) atoms. The molecule has 2 aromatic carbocycles. The van der Waals surface area contributed by atoms with Crippen molar-refractivity contribution in [3.8, 4) is 11.5 Å². The van der Waals surface area contributed by atoms with Crippen LogP contribution >= 0.6 is 0 Å². The van der Waals surface area contributed by atoms with Gasteiger partial charge < -0.3 is 9.47 Å². The standard InChI is InChI=1S/C26H36O3/c1-3-5-7-9-11-17-23-19-13-15-21-25(23)29-26(27)28-24-20-14-12-18-22(24)16-10-8-6-4-2/h12-15,18-21H,3-11,16-17H2,1-2H3. The van der Waals surface area contributed by atoms with E-state index in [4.69, 9.17) is 9.47 Å². The molecule has 2 rings (SSSR count). The molecule has 0 amide bonds. The molecule has 0 radical (unpaired) electrons. The summed E-state index contributed by atoms with van der Waals surface area (Å²) in [5.41, 5.74) is 2.12. The predicted octanol–water partition coefficient (Wildman–Crippen LogP) is 7.90. The Labute approximate surface area is 176 Å². The summed E-state index contributed by atoms with van der Waals surface area (Å²) in [5, 5.41) is 0. The van der Waals surface area contributed by atoms with Gasteiger partial charge in [-0.2, -0.15) is 0 Å². The van der Waals surface area contributed by atoms with Gasteiger partial charge in [0.1, 0.15) is 11.5 Å². The maximum Gasteiger partial charge on any atom is 0.519 e. The topological polar surface area (TPSA) is 35.5 Å². The zero-order valence-electron chi connectivity index (χ0n) is 18.1. The molecule has 2 aromatic rings. The van der Waals surface area contributed by atoms with E-state index < -0.39 is 6.16 Å². The molecule has 0 aliphatic carbocycles. The number of hydrogen-bond donors (Lipinski definition) is 0. The summed E-state index contributed by atoms with van der Waals surface area (Å²) >= 11 is 0. The van der Waals surface area contributed by atoms with E-state index in [0.29, 0.717) is 11.5 Å². The van der Waals surface area contributed by atoms with Gasteiger partial charge in [-0.25, -0.2) is 4.79 Å². The second kappa shape index (κ2) is 13.8. The summed E-state index contributed by atoms with van der Waals surface area (Å²) < 4.78 is 11.1. The van der Waals surface area contributed by atoms with E-state index in [1.165, 1.54) is 44.9 Å². The lowest BCUT2D eigenvalue weighted by atomic mass is 10.0. The van der Waals surface area contributed by atoms with Crippen molar-refractivity contribution in [3.05, 3.63) is 59.7 Å². The van der Waals surface area contributed by atoms with Crippen molar-refractivity contribution >= 4 is 6.16 Å². The van der Waals surface area contributed by atoms with Gasteiger partial charge in [0.2, 0.25) is 0 Å². The number of unbranched alkanes of at least 4 members (excludes halogenated alkanes) is 7. The maximum absolute atomic E-state index is 12.4. The SMILES string of the molecule is CCCCCCCc1ccccc1OC(=O)Oc1ccccc1CCCCCC. The first-order chi connectivity index (χ1) is 14.2. The highest BCUT2D eigenvalue weighted by Gasteiger charge is 2.13. The molecule has 0 N–H and O–H groups in total. The molecule has 0 saturated heterocycles. The summed E-state index contributed by atoms with van der Waals surface area (Å²) in [4.78, 5) is 12.4. The van der Waals surface area contributed by atoms with Gasteiger partial charge >= 0.3 is 6.16 Å². The van der Waals surface area contributed by atoms with Crippen LogP contribution in [0.25, 0.3) is 0 Å². The van der Waals surface area contributed by atoms with Crippen LogP contribution in [0.15, 0.2) is 48.5 Å². The molecule has 0 spiro atoms. The minimum absolute atomic E-state index is 0.603. The van der Waals surface area contributed by atoms with Crippen LogP contribution in [0.1, 0.15) is 82.8 Å². The lowest BCUT2D eigenvalue weighted by molar-refractivity contribution is 0.151. The fourth-order valence-electron chi connectivity index (χ4n) is 3.48. The monoisotopic (exact) mass is 396 g/mol. The normalized spacial score (nSPS) is 10.7. The second-order valence-electron chi connectivity index (χ2n) is 7.64. The average Bonchev–Trinajstić information content (AvgIpc) is 2.73. The number of aryl methyl sites for hydroxylation is 2. The molecule has 0 atom stereocenters. The Morgan fingerprint density at radius 3 is 1.52 bits per heavy atom. The fraction of sp³-hybridized carbons (Fsp3) is 0.500. The van der Waals surface area contributed by atoms with Crippen molar-refractivity contribution in [1.82, 2.24) is 0 Å². The third-order valence-electron chi connectivity index (χ3n) is 5.18. The number of rotatable bonds is 13. The number of carbonyl (C=O) groups excluding carboxylic acids is 1. The molecule has 0 saturated carbocycles. The van der Waals surface area contributed by atoms with Gasteiger partial charge in [0.05, 0.1) is 0 Å². The van der Waals surface area contributed by atoms with Gasteiger partial charge in [-0.05, 0) is 48.9 Å². The molecule has 0 bridgehead atoms. The Hall–Kier alpha value is -2.29. The summed E-state index contributed by atoms with van der Waals surface area (Å²) in [6.45, 7) is 4.42. The number of benzene rings is 2. The molecule has 3 nitrogen and oxygen atoms in total. The molecule has 0 aliphatic rings. The summed E-state index contributed by atoms with van der Waals surface area (Å²) in [6.07, 6.45) is 12.0. The smallest absolute Gasteiger partial charge is 0.394 e. The zero-order chi connectivity index (χ0) is 20.7. The van der Waals surface area contributed by atoms with Crippen LogP contribution in [0, 0.1) is 0 Å². The van der Waals surface area contributed by atoms with E-state index in [0.717, 1.165) is 36.8 Å². The summed E-state index contributed by atoms with van der Waals surface area (Å²) in [6, 6.07) is 15.5. The fourth-order valence-corrected chi connectivity index (χ4v) is 3.48. The molecule has 0 aliphatic heterocycles. The van der Waals surface area contributed by atoms with E-state index in [9.17, 15) is 4.79 Å². The van der Waals surface area contributed by atoms with Gasteiger partial charge in [-0.15, -0.1) is 0 Å². The number of hydrogen-bond acceptors (Lipinski definition) is 3. The highest BCUT2D eigenvalue weighted by atomic mass is 16.7. The van der Waals surface area contributed by atoms with Crippen molar-refractivity contribution in [3.63, 3.8) is 0 Å². The van der Waals surface area contributed by atoms with Crippen LogP contribution in [0.5, 0.6) is 11.5 Å². The number of ether oxygens (including phenoxy) is 2. The van der Waals surface area contributed by atoms with Gasteiger partial charge in [-0.1, -0.05) is 95.2 Å². The molecular formula is C26H36O3. The zero-order valence-corrected chi connectivity index (χ0v) is 18.1. The summed E-state index contributed by atoms with van der Waals surface area (Å²) in [7, 11) is 0. The van der Waals surface area contributed by atoms with Crippen molar-refractivity contribution in [1.29, 1.82) is 0 Å². The molecule has 3 heteroatoms. The number of para-hydroxylation sites is 2. The Kier molecular flexibility index (Phi) is 11.0. The minimum Gasteiger partial charge on any atom is -0.394 e. The first-order valence-electron chi connectivity index (χ1n) is 11.3. The van der Waals surface area contributed by atoms with Crippen LogP contribution in [0.4, 0.5) is 4.79 Å². The highest BCUT2D eigenvalue weighted by molar-refractivity contribution is 5.68. The van der Waals surface area contributed by atoms with Crippen molar-refractivity contribution in [2.45, 2.75) is 84.5 Å². The average molecular weight is 397 g/mol. The third-order valence-corrected chi connectivity index (χ3v) is 5.18. The van der Waals surface area contributed by atoms with Crippen LogP contribution in [0.3, 0.4) is 0 Å². The van der Waals surface area contributed by atoms with Gasteiger partial charge in [-0.3, -0.25) is 0 Å². The molecule has 0 heterocycles.